The van der Waals surface area contributed by atoms with Gasteiger partial charge in [0.2, 0.25) is 11.8 Å². The minimum Gasteiger partial charge on any atom is -0.478 e. The van der Waals surface area contributed by atoms with Gasteiger partial charge in [0.25, 0.3) is 0 Å². The molecule has 2 amide bonds. The maximum atomic E-state index is 13.7. The van der Waals surface area contributed by atoms with Crippen molar-refractivity contribution in [1.29, 1.82) is 0 Å². The van der Waals surface area contributed by atoms with Crippen molar-refractivity contribution in [2.45, 2.75) is 12.8 Å². The summed E-state index contributed by atoms with van der Waals surface area (Å²) < 4.78 is 13.7. The number of nitrogens with zero attached hydrogens (tertiary/aromatic N) is 2. The number of carboxylic acids is 1. The molecule has 0 bridgehead atoms. The molecule has 1 aliphatic rings. The van der Waals surface area contributed by atoms with Crippen LogP contribution >= 0.6 is 0 Å². The maximum Gasteiger partial charge on any atom is 0.335 e. The normalized spacial score (nSPS) is 14.0. The summed E-state index contributed by atoms with van der Waals surface area (Å²) in [6, 6.07) is 12.6. The molecule has 1 N–H and O–H groups in total. The first-order valence-corrected chi connectivity index (χ1v) is 9.06. The van der Waals surface area contributed by atoms with E-state index in [0.29, 0.717) is 37.3 Å². The Morgan fingerprint density at radius 3 is 1.79 bits per heavy atom. The van der Waals surface area contributed by atoms with Crippen LogP contribution in [-0.2, 0) is 22.4 Å². The van der Waals surface area contributed by atoms with Crippen LogP contribution in [0.3, 0.4) is 0 Å². The molecule has 3 rings (SSSR count). The second-order valence-corrected chi connectivity index (χ2v) is 6.67. The van der Waals surface area contributed by atoms with Crippen molar-refractivity contribution in [3.63, 3.8) is 0 Å². The molecule has 0 aromatic heterocycles. The van der Waals surface area contributed by atoms with Gasteiger partial charge in [-0.25, -0.2) is 9.18 Å². The zero-order valence-corrected chi connectivity index (χ0v) is 15.3. The first-order valence-electron chi connectivity index (χ1n) is 9.06. The minimum atomic E-state index is -1.06. The van der Waals surface area contributed by atoms with Gasteiger partial charge < -0.3 is 14.9 Å². The van der Waals surface area contributed by atoms with Crippen LogP contribution in [0.4, 0.5) is 4.39 Å². The zero-order valence-electron chi connectivity index (χ0n) is 15.3. The standard InChI is InChI=1S/C21H21FN2O4/c22-18-8-4-2-6-16(18)14-20(26)24-11-9-23(10-12-24)19(25)13-15-5-1-3-7-17(15)21(27)28/h1-8H,9-14H2,(H,27,28). The number of rotatable bonds is 5. The Bertz CT molecular complexity index is 891. The minimum absolute atomic E-state index is 0.00560. The number of carbonyl (C=O) groups is 3. The fourth-order valence-corrected chi connectivity index (χ4v) is 3.28. The van der Waals surface area contributed by atoms with Crippen molar-refractivity contribution in [2.24, 2.45) is 0 Å². The zero-order chi connectivity index (χ0) is 20.1. The third-order valence-corrected chi connectivity index (χ3v) is 4.87. The van der Waals surface area contributed by atoms with Crippen LogP contribution in [-0.4, -0.2) is 58.9 Å². The highest BCUT2D eigenvalue weighted by molar-refractivity contribution is 5.91. The summed E-state index contributed by atoms with van der Waals surface area (Å²) in [4.78, 5) is 39.5. The molecule has 1 fully saturated rings. The van der Waals surface area contributed by atoms with Crippen molar-refractivity contribution in [3.8, 4) is 0 Å². The molecule has 0 saturated carbocycles. The van der Waals surface area contributed by atoms with E-state index in [9.17, 15) is 23.9 Å². The summed E-state index contributed by atoms with van der Waals surface area (Å²) in [5.74, 6) is -1.81. The summed E-state index contributed by atoms with van der Waals surface area (Å²) in [5, 5.41) is 9.23. The predicted molar refractivity (Wildman–Crippen MR) is 100 cm³/mol. The average molecular weight is 384 g/mol. The second-order valence-electron chi connectivity index (χ2n) is 6.67. The van der Waals surface area contributed by atoms with E-state index in [-0.39, 0.29) is 30.2 Å². The van der Waals surface area contributed by atoms with Crippen LogP contribution in [0.15, 0.2) is 48.5 Å². The van der Waals surface area contributed by atoms with Gasteiger partial charge in [0.05, 0.1) is 18.4 Å². The van der Waals surface area contributed by atoms with Crippen molar-refractivity contribution in [2.75, 3.05) is 26.2 Å². The number of amides is 2. The molecule has 28 heavy (non-hydrogen) atoms. The third-order valence-electron chi connectivity index (χ3n) is 4.87. The summed E-state index contributed by atoms with van der Waals surface area (Å²) >= 11 is 0. The molecule has 0 aliphatic carbocycles. The van der Waals surface area contributed by atoms with Crippen LogP contribution in [0.5, 0.6) is 0 Å². The Balaban J connectivity index is 1.55. The molecular formula is C21H21FN2O4. The van der Waals surface area contributed by atoms with Gasteiger partial charge >= 0.3 is 5.97 Å². The Labute approximate surface area is 162 Å². The number of hydrogen-bond acceptors (Lipinski definition) is 3. The molecule has 2 aromatic rings. The number of aromatic carboxylic acids is 1. The predicted octanol–water partition coefficient (Wildman–Crippen LogP) is 1.98. The molecule has 1 aliphatic heterocycles. The maximum absolute atomic E-state index is 13.7. The van der Waals surface area contributed by atoms with Crippen LogP contribution in [0, 0.1) is 5.82 Å². The van der Waals surface area contributed by atoms with E-state index in [2.05, 4.69) is 0 Å². The quantitative estimate of drug-likeness (QED) is 0.855. The summed E-state index contributed by atoms with van der Waals surface area (Å²) in [6.45, 7) is 1.49. The van der Waals surface area contributed by atoms with Gasteiger partial charge in [0.15, 0.2) is 0 Å². The molecule has 6 nitrogen and oxygen atoms in total. The summed E-state index contributed by atoms with van der Waals surface area (Å²) in [6.07, 6.45) is -0.00173. The molecule has 2 aromatic carbocycles. The molecule has 1 heterocycles. The number of halogens is 1. The number of carbonyl (C=O) groups excluding carboxylic acids is 2. The third kappa shape index (κ3) is 4.54. The van der Waals surface area contributed by atoms with Crippen molar-refractivity contribution in [1.82, 2.24) is 9.80 Å². The van der Waals surface area contributed by atoms with Crippen LogP contribution in [0.2, 0.25) is 0 Å². The average Bonchev–Trinajstić information content (AvgIpc) is 2.70. The lowest BCUT2D eigenvalue weighted by Gasteiger charge is -2.35. The van der Waals surface area contributed by atoms with Gasteiger partial charge in [-0.3, -0.25) is 9.59 Å². The molecule has 0 spiro atoms. The Kier molecular flexibility index (Phi) is 6.03. The lowest BCUT2D eigenvalue weighted by atomic mass is 10.0. The highest BCUT2D eigenvalue weighted by atomic mass is 19.1. The number of hydrogen-bond donors (Lipinski definition) is 1. The Morgan fingerprint density at radius 1 is 0.786 bits per heavy atom. The first-order chi connectivity index (χ1) is 13.5. The van der Waals surface area contributed by atoms with Gasteiger partial charge in [-0.1, -0.05) is 36.4 Å². The molecule has 0 atom stereocenters. The van der Waals surface area contributed by atoms with Crippen molar-refractivity contribution < 1.29 is 23.9 Å². The number of piperazine rings is 1. The van der Waals surface area contributed by atoms with Gasteiger partial charge in [0.1, 0.15) is 5.82 Å². The van der Waals surface area contributed by atoms with E-state index in [1.165, 1.54) is 12.1 Å². The number of carboxylic acid groups (broad SMARTS) is 1. The van der Waals surface area contributed by atoms with E-state index in [0.717, 1.165) is 0 Å². The van der Waals surface area contributed by atoms with E-state index in [4.69, 9.17) is 0 Å². The largest absolute Gasteiger partial charge is 0.478 e. The molecule has 1 saturated heterocycles. The van der Waals surface area contributed by atoms with E-state index >= 15 is 0 Å². The highest BCUT2D eigenvalue weighted by Gasteiger charge is 2.25. The molecular weight excluding hydrogens is 363 g/mol. The highest BCUT2D eigenvalue weighted by Crippen LogP contribution is 2.14. The smallest absolute Gasteiger partial charge is 0.335 e. The lowest BCUT2D eigenvalue weighted by Crippen LogP contribution is -2.51. The fourth-order valence-electron chi connectivity index (χ4n) is 3.28. The molecule has 0 unspecified atom stereocenters. The van der Waals surface area contributed by atoms with Crippen LogP contribution in [0.1, 0.15) is 21.5 Å². The topological polar surface area (TPSA) is 77.9 Å². The van der Waals surface area contributed by atoms with E-state index in [1.54, 1.807) is 46.2 Å². The molecule has 7 heteroatoms. The second kappa shape index (κ2) is 8.65. The van der Waals surface area contributed by atoms with Gasteiger partial charge in [-0.05, 0) is 23.3 Å². The lowest BCUT2D eigenvalue weighted by molar-refractivity contribution is -0.138. The van der Waals surface area contributed by atoms with E-state index in [1.807, 2.05) is 0 Å². The molecule has 146 valence electrons. The van der Waals surface area contributed by atoms with Gasteiger partial charge in [-0.2, -0.15) is 0 Å². The van der Waals surface area contributed by atoms with E-state index < -0.39 is 11.8 Å². The van der Waals surface area contributed by atoms with Crippen LogP contribution < -0.4 is 0 Å². The molecule has 0 radical (unpaired) electrons. The monoisotopic (exact) mass is 384 g/mol. The fraction of sp³-hybridized carbons (Fsp3) is 0.286. The van der Waals surface area contributed by atoms with Crippen molar-refractivity contribution >= 4 is 17.8 Å². The first kappa shape index (κ1) is 19.5. The summed E-state index contributed by atoms with van der Waals surface area (Å²) in [7, 11) is 0. The number of benzene rings is 2. The Morgan fingerprint density at radius 2 is 1.25 bits per heavy atom. The summed E-state index contributed by atoms with van der Waals surface area (Å²) in [5.41, 5.74) is 0.948. The van der Waals surface area contributed by atoms with Gasteiger partial charge in [-0.15, -0.1) is 0 Å². The van der Waals surface area contributed by atoms with Crippen molar-refractivity contribution in [3.05, 3.63) is 71.0 Å². The van der Waals surface area contributed by atoms with Gasteiger partial charge in [0, 0.05) is 26.2 Å². The SMILES string of the molecule is O=C(O)c1ccccc1CC(=O)N1CCN(C(=O)Cc2ccccc2F)CC1. The Hall–Kier alpha value is -3.22. The van der Waals surface area contributed by atoms with Crippen LogP contribution in [0.25, 0.3) is 0 Å².